The average Bonchev–Trinajstić information content (AvgIpc) is 3.66. The molecule has 3 aliphatic heterocycles. The number of ether oxygens (including phenoxy) is 1. The Morgan fingerprint density at radius 2 is 1.98 bits per heavy atom. The van der Waals surface area contributed by atoms with Crippen LogP contribution in [0.25, 0.3) is 21.5 Å². The van der Waals surface area contributed by atoms with Gasteiger partial charge in [-0.25, -0.2) is 14.8 Å². The molecule has 0 aliphatic carbocycles. The van der Waals surface area contributed by atoms with Crippen LogP contribution in [-0.4, -0.2) is 61.6 Å². The van der Waals surface area contributed by atoms with Gasteiger partial charge in [0, 0.05) is 40.7 Å². The van der Waals surface area contributed by atoms with Crippen LogP contribution in [0.4, 0.5) is 10.5 Å². The van der Waals surface area contributed by atoms with Crippen LogP contribution in [-0.2, 0) is 29.2 Å². The monoisotopic (exact) mass is 604 g/mol. The van der Waals surface area contributed by atoms with E-state index in [2.05, 4.69) is 5.32 Å². The van der Waals surface area contributed by atoms with Gasteiger partial charge < -0.3 is 19.9 Å². The highest BCUT2D eigenvalue weighted by molar-refractivity contribution is 7.15. The lowest BCUT2D eigenvalue weighted by Crippen LogP contribution is -2.45. The number of thiazole rings is 1. The Bertz CT molecular complexity index is 1780. The molecule has 4 aromatic rings. The normalized spacial score (nSPS) is 19.6. The summed E-state index contributed by atoms with van der Waals surface area (Å²) in [6, 6.07) is 11.4. The van der Waals surface area contributed by atoms with Crippen LogP contribution in [0.5, 0.6) is 0 Å². The van der Waals surface area contributed by atoms with Gasteiger partial charge in [0.2, 0.25) is 5.91 Å². The van der Waals surface area contributed by atoms with E-state index in [0.29, 0.717) is 54.5 Å². The van der Waals surface area contributed by atoms with Crippen LogP contribution in [0.3, 0.4) is 0 Å². The number of hydrogen-bond donors (Lipinski definition) is 1. The van der Waals surface area contributed by atoms with Crippen molar-refractivity contribution in [2.45, 2.75) is 58.4 Å². The quantitative estimate of drug-likeness (QED) is 0.349. The molecule has 42 heavy (non-hydrogen) atoms. The predicted molar refractivity (Wildman–Crippen MR) is 161 cm³/mol. The van der Waals surface area contributed by atoms with E-state index in [4.69, 9.17) is 26.3 Å². The number of aryl methyl sites for hydroxylation is 1. The molecule has 3 aliphatic rings. The highest BCUT2D eigenvalue weighted by Gasteiger charge is 2.38. The van der Waals surface area contributed by atoms with Crippen molar-refractivity contribution in [3.8, 4) is 10.6 Å². The topological polar surface area (TPSA) is 110 Å². The van der Waals surface area contributed by atoms with Crippen LogP contribution >= 0.6 is 22.9 Å². The number of amides is 2. The number of anilines is 1. The van der Waals surface area contributed by atoms with Crippen LogP contribution in [0.2, 0.25) is 5.02 Å². The zero-order valence-electron chi connectivity index (χ0n) is 23.2. The van der Waals surface area contributed by atoms with Gasteiger partial charge >= 0.3 is 6.09 Å². The van der Waals surface area contributed by atoms with E-state index in [0.717, 1.165) is 45.2 Å². The minimum absolute atomic E-state index is 0.0325. The number of cyclic esters (lactones) is 1. The zero-order valence-corrected chi connectivity index (χ0v) is 24.8. The summed E-state index contributed by atoms with van der Waals surface area (Å²) < 4.78 is 6.95. The first-order valence-electron chi connectivity index (χ1n) is 14.0. The van der Waals surface area contributed by atoms with Crippen molar-refractivity contribution >= 4 is 51.5 Å². The van der Waals surface area contributed by atoms with Crippen LogP contribution < -0.4 is 10.9 Å². The van der Waals surface area contributed by atoms with Gasteiger partial charge in [-0.15, -0.1) is 11.3 Å². The Morgan fingerprint density at radius 3 is 2.74 bits per heavy atom. The van der Waals surface area contributed by atoms with E-state index in [1.165, 1.54) is 0 Å². The number of carbonyl (C=O) groups excluding carboxylic acids is 2. The lowest BCUT2D eigenvalue weighted by molar-refractivity contribution is -0.129. The van der Waals surface area contributed by atoms with Crippen molar-refractivity contribution < 1.29 is 14.3 Å². The second-order valence-corrected chi connectivity index (χ2v) is 12.7. The van der Waals surface area contributed by atoms with Crippen molar-refractivity contribution in [1.82, 2.24) is 24.3 Å². The van der Waals surface area contributed by atoms with Gasteiger partial charge in [0.1, 0.15) is 17.4 Å². The van der Waals surface area contributed by atoms with Crippen molar-refractivity contribution in [3.05, 3.63) is 73.7 Å². The fourth-order valence-corrected chi connectivity index (χ4v) is 7.31. The van der Waals surface area contributed by atoms with Crippen LogP contribution in [0.15, 0.2) is 41.2 Å². The first kappa shape index (κ1) is 26.9. The number of rotatable bonds is 5. The van der Waals surface area contributed by atoms with Gasteiger partial charge in [-0.2, -0.15) is 0 Å². The second kappa shape index (κ2) is 10.4. The van der Waals surface area contributed by atoms with Crippen molar-refractivity contribution in [1.29, 1.82) is 0 Å². The number of nitrogens with one attached hydrogen (secondary N) is 1. The van der Waals surface area contributed by atoms with Crippen molar-refractivity contribution in [2.75, 3.05) is 18.5 Å². The van der Waals surface area contributed by atoms with Gasteiger partial charge in [0.25, 0.3) is 5.56 Å². The first-order valence-corrected chi connectivity index (χ1v) is 15.2. The Kier molecular flexibility index (Phi) is 6.66. The minimum atomic E-state index is -0.246. The molecule has 2 atom stereocenters. The van der Waals surface area contributed by atoms with Crippen LogP contribution in [0.1, 0.15) is 41.7 Å². The largest absolute Gasteiger partial charge is 0.447 e. The molecule has 2 aromatic heterocycles. The van der Waals surface area contributed by atoms with Gasteiger partial charge in [0.15, 0.2) is 0 Å². The fraction of sp³-hybridized carbons (Fsp3) is 0.367. The molecular weight excluding hydrogens is 576 g/mol. The van der Waals surface area contributed by atoms with Gasteiger partial charge in [-0.3, -0.25) is 14.2 Å². The fourth-order valence-electron chi connectivity index (χ4n) is 6.06. The molecule has 0 radical (unpaired) electrons. The number of fused-ring (bicyclic) bond motifs is 3. The number of nitrogens with zero attached hydrogens (tertiary/aromatic N) is 5. The molecule has 0 saturated carbocycles. The van der Waals surface area contributed by atoms with E-state index < -0.39 is 0 Å². The molecular formula is C30H29ClN6O4S. The minimum Gasteiger partial charge on any atom is -0.447 e. The Morgan fingerprint density at radius 1 is 1.17 bits per heavy atom. The van der Waals surface area contributed by atoms with E-state index in [-0.39, 0.29) is 29.6 Å². The third kappa shape index (κ3) is 4.80. The van der Waals surface area contributed by atoms with Crippen LogP contribution in [0, 0.1) is 6.92 Å². The molecule has 10 nitrogen and oxygen atoms in total. The number of aromatic nitrogens is 3. The van der Waals surface area contributed by atoms with Crippen molar-refractivity contribution in [3.63, 3.8) is 0 Å². The molecule has 0 spiro atoms. The number of halogens is 1. The number of piperidine rings is 1. The molecule has 0 bridgehead atoms. The maximum absolute atomic E-state index is 13.9. The molecule has 5 heterocycles. The lowest BCUT2D eigenvalue weighted by atomic mass is 9.97. The smallest absolute Gasteiger partial charge is 0.410 e. The molecule has 12 heteroatoms. The molecule has 2 saturated heterocycles. The second-order valence-electron chi connectivity index (χ2n) is 11.1. The number of hydrogen-bond acceptors (Lipinski definition) is 8. The van der Waals surface area contributed by atoms with E-state index in [9.17, 15) is 14.4 Å². The molecule has 7 rings (SSSR count). The summed E-state index contributed by atoms with van der Waals surface area (Å²) in [6.07, 6.45) is 1.26. The summed E-state index contributed by atoms with van der Waals surface area (Å²) in [6.45, 7) is 5.87. The predicted octanol–water partition coefficient (Wildman–Crippen LogP) is 4.79. The Hall–Kier alpha value is -3.96. The van der Waals surface area contributed by atoms with Gasteiger partial charge in [-0.1, -0.05) is 23.7 Å². The average molecular weight is 605 g/mol. The third-order valence-electron chi connectivity index (χ3n) is 8.38. The van der Waals surface area contributed by atoms with Gasteiger partial charge in [0.05, 0.1) is 42.3 Å². The summed E-state index contributed by atoms with van der Waals surface area (Å²) >= 11 is 7.64. The maximum Gasteiger partial charge on any atom is 0.410 e. The highest BCUT2D eigenvalue weighted by atomic mass is 35.5. The highest BCUT2D eigenvalue weighted by Crippen LogP contribution is 2.39. The summed E-state index contributed by atoms with van der Waals surface area (Å²) in [5, 5.41) is 5.68. The van der Waals surface area contributed by atoms with E-state index in [1.807, 2.05) is 43.3 Å². The molecule has 2 amide bonds. The SMILES string of the molecule is CC(=O)N1Cc2nc(-c3cc4nc(C)n(Cc5ccc(Cl)cc5)c(=O)c4cc3N[C@H]3CCN4C(=O)OC[C@@H]4C3)sc2C1. The summed E-state index contributed by atoms with van der Waals surface area (Å²) in [5.74, 6) is 0.649. The first-order chi connectivity index (χ1) is 20.2. The number of benzene rings is 2. The van der Waals surface area contributed by atoms with E-state index >= 15 is 0 Å². The molecule has 0 unspecified atom stereocenters. The lowest BCUT2D eigenvalue weighted by Gasteiger charge is -2.33. The molecule has 1 N–H and O–H groups in total. The summed E-state index contributed by atoms with van der Waals surface area (Å²) in [5.41, 5.74) is 4.04. The standard InChI is InChI=1S/C30H29ClN6O4S/c1-16-32-25-10-22(28-34-26-13-35(17(2)38)14-27(26)42-28)24(33-20-7-8-36-21(9-20)15-41-30(36)40)11-23(25)29(39)37(16)12-18-3-5-19(31)6-4-18/h3-6,10-11,20-21,33H,7-9,12-15H2,1-2H3/t20-,21-/m0/s1. The molecule has 216 valence electrons. The summed E-state index contributed by atoms with van der Waals surface area (Å²) in [4.78, 5) is 52.3. The van der Waals surface area contributed by atoms with Gasteiger partial charge in [-0.05, 0) is 49.6 Å². The zero-order chi connectivity index (χ0) is 29.1. The Balaban J connectivity index is 1.29. The number of carbonyl (C=O) groups is 2. The molecule has 2 aromatic carbocycles. The Labute approximate surface area is 250 Å². The summed E-state index contributed by atoms with van der Waals surface area (Å²) in [7, 11) is 0. The van der Waals surface area contributed by atoms with E-state index in [1.54, 1.807) is 32.6 Å². The van der Waals surface area contributed by atoms with Crippen molar-refractivity contribution in [2.24, 2.45) is 0 Å². The molecule has 2 fully saturated rings. The maximum atomic E-state index is 13.9. The third-order valence-corrected chi connectivity index (χ3v) is 9.74.